The van der Waals surface area contributed by atoms with Crippen LogP contribution >= 0.6 is 23.2 Å². The number of hydrogen-bond acceptors (Lipinski definition) is 2. The Bertz CT molecular complexity index is 1120. The van der Waals surface area contributed by atoms with E-state index in [0.29, 0.717) is 10.0 Å². The van der Waals surface area contributed by atoms with Crippen LogP contribution in [0.2, 0.25) is 10.0 Å². The number of nitrogens with one attached hydrogen (secondary N) is 1. The Labute approximate surface area is 167 Å². The number of hydrogen-bond donors (Lipinski definition) is 1. The molecule has 0 radical (unpaired) electrons. The summed E-state index contributed by atoms with van der Waals surface area (Å²) in [5, 5.41) is 4.95. The first-order valence-corrected chi connectivity index (χ1v) is 9.70. The Morgan fingerprint density at radius 3 is 2.52 bits per heavy atom. The maximum atomic E-state index is 6.60. The Morgan fingerprint density at radius 1 is 0.926 bits per heavy atom. The highest BCUT2D eigenvalue weighted by atomic mass is 35.5. The molecule has 27 heavy (non-hydrogen) atoms. The van der Waals surface area contributed by atoms with Gasteiger partial charge >= 0.3 is 0 Å². The third-order valence-corrected chi connectivity index (χ3v) is 5.76. The molecule has 0 saturated carbocycles. The predicted molar refractivity (Wildman–Crippen MR) is 112 cm³/mol. The number of para-hydroxylation sites is 2. The Hall–Kier alpha value is -2.49. The van der Waals surface area contributed by atoms with Crippen LogP contribution in [0.25, 0.3) is 11.0 Å². The molecule has 5 heteroatoms. The molecular weight excluding hydrogens is 377 g/mol. The Balaban J connectivity index is 1.70. The van der Waals surface area contributed by atoms with Crippen LogP contribution in [0.1, 0.15) is 29.6 Å². The van der Waals surface area contributed by atoms with Crippen LogP contribution < -0.4 is 5.32 Å². The van der Waals surface area contributed by atoms with Gasteiger partial charge in [0.05, 0.1) is 23.1 Å². The van der Waals surface area contributed by atoms with E-state index in [1.54, 1.807) is 0 Å². The highest BCUT2D eigenvalue weighted by Crippen LogP contribution is 2.43. The molecule has 0 fully saturated rings. The van der Waals surface area contributed by atoms with Crippen molar-refractivity contribution in [1.82, 2.24) is 9.55 Å². The fourth-order valence-corrected chi connectivity index (χ4v) is 4.48. The zero-order valence-electron chi connectivity index (χ0n) is 14.4. The van der Waals surface area contributed by atoms with Gasteiger partial charge in [0.1, 0.15) is 0 Å². The summed E-state index contributed by atoms with van der Waals surface area (Å²) in [4.78, 5) is 4.83. The Kier molecular flexibility index (Phi) is 4.07. The van der Waals surface area contributed by atoms with E-state index >= 15 is 0 Å². The first-order valence-electron chi connectivity index (χ1n) is 8.94. The molecule has 2 heterocycles. The number of benzene rings is 3. The molecule has 4 aromatic rings. The van der Waals surface area contributed by atoms with Crippen LogP contribution in [-0.4, -0.2) is 9.55 Å². The third-order valence-electron chi connectivity index (χ3n) is 5.19. The van der Waals surface area contributed by atoms with Crippen molar-refractivity contribution in [2.45, 2.75) is 18.5 Å². The summed E-state index contributed by atoms with van der Waals surface area (Å²) < 4.78 is 2.25. The van der Waals surface area contributed by atoms with Gasteiger partial charge in [-0.1, -0.05) is 71.7 Å². The number of imidazole rings is 1. The number of halogens is 2. The van der Waals surface area contributed by atoms with Gasteiger partial charge < -0.3 is 9.88 Å². The fourth-order valence-electron chi connectivity index (χ4n) is 3.95. The van der Waals surface area contributed by atoms with Gasteiger partial charge in [-0.2, -0.15) is 0 Å². The lowest BCUT2D eigenvalue weighted by atomic mass is 9.93. The molecule has 5 rings (SSSR count). The van der Waals surface area contributed by atoms with Crippen LogP contribution in [0.5, 0.6) is 0 Å². The molecule has 0 unspecified atom stereocenters. The first kappa shape index (κ1) is 16.7. The monoisotopic (exact) mass is 393 g/mol. The van der Waals surface area contributed by atoms with Gasteiger partial charge in [-0.05, 0) is 41.8 Å². The van der Waals surface area contributed by atoms with Gasteiger partial charge in [-0.3, -0.25) is 0 Å². The molecule has 1 aliphatic heterocycles. The van der Waals surface area contributed by atoms with Crippen LogP contribution in [0.3, 0.4) is 0 Å². The minimum absolute atomic E-state index is 0.0728. The summed E-state index contributed by atoms with van der Waals surface area (Å²) >= 11 is 12.7. The second-order valence-corrected chi connectivity index (χ2v) is 7.66. The molecule has 0 amide bonds. The third kappa shape index (κ3) is 2.88. The summed E-state index contributed by atoms with van der Waals surface area (Å²) in [5.74, 6) is 0.868. The predicted octanol–water partition coefficient (Wildman–Crippen LogP) is 6.49. The summed E-state index contributed by atoms with van der Waals surface area (Å²) in [5.41, 5.74) is 4.38. The lowest BCUT2D eigenvalue weighted by molar-refractivity contribution is 0.477. The van der Waals surface area contributed by atoms with Gasteiger partial charge in [0.25, 0.3) is 0 Å². The highest BCUT2D eigenvalue weighted by molar-refractivity contribution is 6.35. The van der Waals surface area contributed by atoms with Gasteiger partial charge in [0.15, 0.2) is 0 Å². The molecule has 2 atom stereocenters. The van der Waals surface area contributed by atoms with Gasteiger partial charge in [0, 0.05) is 10.0 Å². The first-order chi connectivity index (χ1) is 13.2. The second-order valence-electron chi connectivity index (χ2n) is 6.82. The van der Waals surface area contributed by atoms with Crippen molar-refractivity contribution in [2.24, 2.45) is 0 Å². The smallest absolute Gasteiger partial charge is 0.204 e. The Morgan fingerprint density at radius 2 is 1.70 bits per heavy atom. The molecule has 1 aromatic heterocycles. The minimum atomic E-state index is 0.0728. The summed E-state index contributed by atoms with van der Waals surface area (Å²) in [6.45, 7) is 0. The highest BCUT2D eigenvalue weighted by Gasteiger charge is 2.31. The van der Waals surface area contributed by atoms with E-state index in [9.17, 15) is 0 Å². The van der Waals surface area contributed by atoms with E-state index in [0.717, 1.165) is 29.0 Å². The molecule has 0 aliphatic carbocycles. The number of fused-ring (bicyclic) bond motifs is 3. The average molecular weight is 394 g/mol. The molecule has 3 aromatic carbocycles. The van der Waals surface area contributed by atoms with Crippen LogP contribution in [0.4, 0.5) is 5.95 Å². The van der Waals surface area contributed by atoms with E-state index in [-0.39, 0.29) is 12.1 Å². The lowest BCUT2D eigenvalue weighted by Gasteiger charge is -2.34. The second kappa shape index (κ2) is 6.59. The van der Waals surface area contributed by atoms with Crippen LogP contribution in [-0.2, 0) is 0 Å². The van der Waals surface area contributed by atoms with Gasteiger partial charge in [-0.15, -0.1) is 0 Å². The van der Waals surface area contributed by atoms with E-state index < -0.39 is 0 Å². The van der Waals surface area contributed by atoms with Crippen molar-refractivity contribution in [2.75, 3.05) is 5.32 Å². The summed E-state index contributed by atoms with van der Waals surface area (Å²) in [6.07, 6.45) is 0.874. The van der Waals surface area contributed by atoms with Crippen molar-refractivity contribution in [3.05, 3.63) is 94.0 Å². The maximum absolute atomic E-state index is 6.60. The summed E-state index contributed by atoms with van der Waals surface area (Å²) in [6, 6.07) is 24.7. The van der Waals surface area contributed by atoms with Gasteiger partial charge in [-0.25, -0.2) is 4.98 Å². The quantitative estimate of drug-likeness (QED) is 0.421. The van der Waals surface area contributed by atoms with Crippen LogP contribution in [0.15, 0.2) is 72.8 Å². The maximum Gasteiger partial charge on any atom is 0.204 e. The van der Waals surface area contributed by atoms with E-state index in [1.807, 2.05) is 42.5 Å². The molecule has 1 aliphatic rings. The van der Waals surface area contributed by atoms with Crippen molar-refractivity contribution < 1.29 is 0 Å². The van der Waals surface area contributed by atoms with E-state index in [1.165, 1.54) is 5.56 Å². The minimum Gasteiger partial charge on any atom is -0.349 e. The van der Waals surface area contributed by atoms with E-state index in [4.69, 9.17) is 28.2 Å². The van der Waals surface area contributed by atoms with Crippen molar-refractivity contribution >= 4 is 40.2 Å². The lowest BCUT2D eigenvalue weighted by Crippen LogP contribution is -2.27. The summed E-state index contributed by atoms with van der Waals surface area (Å²) in [7, 11) is 0. The molecular formula is C22H17Cl2N3. The van der Waals surface area contributed by atoms with Crippen molar-refractivity contribution in [3.8, 4) is 0 Å². The fraction of sp³-hybridized carbons (Fsp3) is 0.136. The molecule has 1 N–H and O–H groups in total. The zero-order valence-corrected chi connectivity index (χ0v) is 16.0. The number of nitrogens with zero attached hydrogens (tertiary/aromatic N) is 2. The molecule has 134 valence electrons. The van der Waals surface area contributed by atoms with Crippen molar-refractivity contribution in [3.63, 3.8) is 0 Å². The normalized spacial score (nSPS) is 18.9. The molecule has 0 spiro atoms. The number of anilines is 1. The average Bonchev–Trinajstić information content (AvgIpc) is 3.07. The molecule has 3 nitrogen and oxygen atoms in total. The molecule has 0 saturated heterocycles. The zero-order chi connectivity index (χ0) is 18.4. The topological polar surface area (TPSA) is 29.9 Å². The van der Waals surface area contributed by atoms with Crippen molar-refractivity contribution in [1.29, 1.82) is 0 Å². The SMILES string of the molecule is Clc1ccc([C@H]2C[C@@H](c3ccccc3)Nc3nc4ccccc4n32)c(Cl)c1. The molecule has 0 bridgehead atoms. The number of rotatable bonds is 2. The largest absolute Gasteiger partial charge is 0.349 e. The number of aromatic nitrogens is 2. The standard InChI is InChI=1S/C22H17Cl2N3/c23-15-10-11-16(17(24)12-15)21-13-19(14-6-2-1-3-7-14)26-22-25-18-8-4-5-9-20(18)27(21)22/h1-12,19,21H,13H2,(H,25,26)/t19-,21+/m0/s1. The van der Waals surface area contributed by atoms with Gasteiger partial charge in [0.2, 0.25) is 5.95 Å². The van der Waals surface area contributed by atoms with Crippen LogP contribution in [0, 0.1) is 0 Å². The van der Waals surface area contributed by atoms with E-state index in [2.05, 4.69) is 40.2 Å².